The normalized spacial score (nSPS) is 11.6. The van der Waals surface area contributed by atoms with Crippen LogP contribution in [0.3, 0.4) is 0 Å². The monoisotopic (exact) mass is 404 g/mol. The van der Waals surface area contributed by atoms with Crippen molar-refractivity contribution in [3.05, 3.63) is 87.6 Å². The minimum Gasteiger partial charge on any atom is -0.496 e. The summed E-state index contributed by atoms with van der Waals surface area (Å²) in [5, 5.41) is 9.44. The van der Waals surface area contributed by atoms with E-state index < -0.39 is 5.97 Å². The molecule has 0 aliphatic carbocycles. The summed E-state index contributed by atoms with van der Waals surface area (Å²) in [5.74, 6) is -0.313. The fourth-order valence-corrected chi connectivity index (χ4v) is 3.26. The molecule has 0 fully saturated rings. The number of aromatic nitrogens is 2. The number of benzene rings is 2. The van der Waals surface area contributed by atoms with Crippen LogP contribution in [0.4, 0.5) is 0 Å². The lowest BCUT2D eigenvalue weighted by atomic mass is 9.84. The lowest BCUT2D eigenvalue weighted by Crippen LogP contribution is -2.19. The average Bonchev–Trinajstić information content (AvgIpc) is 2.71. The molecule has 1 heterocycles. The predicted octanol–water partition coefficient (Wildman–Crippen LogP) is 4.41. The van der Waals surface area contributed by atoms with Gasteiger partial charge in [-0.1, -0.05) is 51.1 Å². The Hall–Kier alpha value is -3.67. The Morgan fingerprint density at radius 2 is 1.83 bits per heavy atom. The van der Waals surface area contributed by atoms with Crippen molar-refractivity contribution in [2.45, 2.75) is 26.2 Å². The Bertz CT molecular complexity index is 1170. The summed E-state index contributed by atoms with van der Waals surface area (Å²) >= 11 is 0. The maximum absolute atomic E-state index is 12.3. The summed E-state index contributed by atoms with van der Waals surface area (Å²) in [6.07, 6.45) is 7.99. The van der Waals surface area contributed by atoms with E-state index in [-0.39, 0.29) is 16.5 Å². The number of nitrogens with zero attached hydrogens (tertiary/aromatic N) is 2. The number of rotatable bonds is 5. The van der Waals surface area contributed by atoms with Gasteiger partial charge in [-0.05, 0) is 29.2 Å². The molecule has 1 N–H and O–H groups in total. The van der Waals surface area contributed by atoms with Gasteiger partial charge < -0.3 is 9.84 Å². The number of hydrogen-bond donors (Lipinski definition) is 1. The van der Waals surface area contributed by atoms with Crippen molar-refractivity contribution in [1.82, 2.24) is 9.55 Å². The van der Waals surface area contributed by atoms with Gasteiger partial charge in [0, 0.05) is 29.2 Å². The van der Waals surface area contributed by atoms with Gasteiger partial charge in [-0.3, -0.25) is 14.3 Å². The van der Waals surface area contributed by atoms with Crippen molar-refractivity contribution < 1.29 is 14.6 Å². The van der Waals surface area contributed by atoms with Gasteiger partial charge in [0.2, 0.25) is 0 Å². The van der Waals surface area contributed by atoms with Crippen molar-refractivity contribution in [2.75, 3.05) is 7.11 Å². The van der Waals surface area contributed by atoms with E-state index in [0.717, 1.165) is 11.1 Å². The fraction of sp³-hybridized carbons (Fsp3) is 0.208. The van der Waals surface area contributed by atoms with Crippen LogP contribution in [0.15, 0.2) is 59.8 Å². The minimum absolute atomic E-state index is 0.213. The number of ether oxygens (including phenoxy) is 1. The number of carboxylic acids is 1. The Balaban J connectivity index is 2.23. The molecule has 3 rings (SSSR count). The molecule has 154 valence electrons. The first-order valence-corrected chi connectivity index (χ1v) is 9.48. The Morgan fingerprint density at radius 1 is 1.13 bits per heavy atom. The molecule has 6 heteroatoms. The van der Waals surface area contributed by atoms with Gasteiger partial charge in [0.25, 0.3) is 5.56 Å². The highest BCUT2D eigenvalue weighted by Crippen LogP contribution is 2.37. The molecule has 0 saturated carbocycles. The summed E-state index contributed by atoms with van der Waals surface area (Å²) in [4.78, 5) is 27.7. The largest absolute Gasteiger partial charge is 0.496 e. The van der Waals surface area contributed by atoms with Crippen LogP contribution in [-0.2, 0) is 5.41 Å². The van der Waals surface area contributed by atoms with E-state index in [1.165, 1.54) is 10.8 Å². The molecule has 30 heavy (non-hydrogen) atoms. The zero-order valence-corrected chi connectivity index (χ0v) is 17.4. The van der Waals surface area contributed by atoms with Crippen LogP contribution < -0.4 is 10.3 Å². The molecule has 0 aliphatic rings. The number of carbonyl (C=O) groups is 1. The van der Waals surface area contributed by atoms with E-state index in [1.807, 2.05) is 18.2 Å². The van der Waals surface area contributed by atoms with Gasteiger partial charge in [-0.25, -0.2) is 4.79 Å². The molecule has 0 bridgehead atoms. The predicted molar refractivity (Wildman–Crippen MR) is 117 cm³/mol. The molecular weight excluding hydrogens is 380 g/mol. The van der Waals surface area contributed by atoms with Crippen molar-refractivity contribution in [3.63, 3.8) is 0 Å². The first kappa shape index (κ1) is 21.0. The van der Waals surface area contributed by atoms with Gasteiger partial charge >= 0.3 is 5.97 Å². The van der Waals surface area contributed by atoms with E-state index in [0.29, 0.717) is 17.0 Å². The smallest absolute Gasteiger partial charge is 0.336 e. The first-order valence-electron chi connectivity index (χ1n) is 9.48. The maximum atomic E-state index is 12.3. The Labute approximate surface area is 175 Å². The standard InChI is InChI=1S/C24H24N2O4/c1-24(2,3)20-14-18(26-12-11-25-15-21(26)27)13-17(22(20)30-4)10-9-16-7-5-6-8-19(16)23(28)29/h5-15H,1-4H3,(H,28,29)/b10-9+. The molecular formula is C24H24N2O4. The lowest BCUT2D eigenvalue weighted by Gasteiger charge is -2.25. The van der Waals surface area contributed by atoms with E-state index in [4.69, 9.17) is 4.74 Å². The first-order chi connectivity index (χ1) is 14.2. The van der Waals surface area contributed by atoms with Crippen LogP contribution in [0.1, 0.15) is 47.8 Å². The van der Waals surface area contributed by atoms with Gasteiger partial charge in [-0.2, -0.15) is 0 Å². The topological polar surface area (TPSA) is 81.4 Å². The molecule has 0 aliphatic heterocycles. The van der Waals surface area contributed by atoms with Gasteiger partial charge in [0.05, 0.1) is 18.9 Å². The third-order valence-electron chi connectivity index (χ3n) is 4.75. The van der Waals surface area contributed by atoms with E-state index in [1.54, 1.807) is 49.8 Å². The number of methoxy groups -OCH3 is 1. The van der Waals surface area contributed by atoms with Crippen LogP contribution >= 0.6 is 0 Å². The zero-order valence-electron chi connectivity index (χ0n) is 17.4. The molecule has 0 spiro atoms. The van der Waals surface area contributed by atoms with Crippen molar-refractivity contribution >= 4 is 18.1 Å². The summed E-state index contributed by atoms with van der Waals surface area (Å²) in [6.45, 7) is 6.20. The second kappa shape index (κ2) is 8.37. The number of carboxylic acid groups (broad SMARTS) is 1. The third kappa shape index (κ3) is 4.33. The number of hydrogen-bond acceptors (Lipinski definition) is 4. The molecule has 0 unspecified atom stereocenters. The summed E-state index contributed by atoms with van der Waals surface area (Å²) < 4.78 is 7.24. The third-order valence-corrected chi connectivity index (χ3v) is 4.75. The van der Waals surface area contributed by atoms with Crippen LogP contribution in [0.2, 0.25) is 0 Å². The van der Waals surface area contributed by atoms with Crippen molar-refractivity contribution in [3.8, 4) is 11.4 Å². The van der Waals surface area contributed by atoms with Crippen molar-refractivity contribution in [1.29, 1.82) is 0 Å². The van der Waals surface area contributed by atoms with E-state index in [9.17, 15) is 14.7 Å². The highest BCUT2D eigenvalue weighted by molar-refractivity contribution is 5.93. The lowest BCUT2D eigenvalue weighted by molar-refractivity contribution is 0.0696. The summed E-state index contributed by atoms with van der Waals surface area (Å²) in [5.41, 5.74) is 2.65. The summed E-state index contributed by atoms with van der Waals surface area (Å²) in [7, 11) is 1.60. The zero-order chi connectivity index (χ0) is 21.9. The maximum Gasteiger partial charge on any atom is 0.336 e. The minimum atomic E-state index is -0.991. The number of aromatic carboxylic acids is 1. The second-order valence-electron chi connectivity index (χ2n) is 7.88. The van der Waals surface area contributed by atoms with Crippen LogP contribution in [0, 0.1) is 0 Å². The molecule has 0 amide bonds. The van der Waals surface area contributed by atoms with Crippen LogP contribution in [0.25, 0.3) is 17.8 Å². The van der Waals surface area contributed by atoms with Gasteiger partial charge in [-0.15, -0.1) is 0 Å². The molecule has 0 saturated heterocycles. The molecule has 6 nitrogen and oxygen atoms in total. The summed E-state index contributed by atoms with van der Waals surface area (Å²) in [6, 6.07) is 10.6. The molecule has 0 atom stereocenters. The highest BCUT2D eigenvalue weighted by atomic mass is 16.5. The van der Waals surface area contributed by atoms with Crippen LogP contribution in [-0.4, -0.2) is 27.7 Å². The van der Waals surface area contributed by atoms with Crippen molar-refractivity contribution in [2.24, 2.45) is 0 Å². The van der Waals surface area contributed by atoms with E-state index in [2.05, 4.69) is 25.8 Å². The molecule has 1 aromatic heterocycles. The average molecular weight is 404 g/mol. The van der Waals surface area contributed by atoms with Gasteiger partial charge in [0.1, 0.15) is 5.75 Å². The Morgan fingerprint density at radius 3 is 2.47 bits per heavy atom. The molecule has 2 aromatic carbocycles. The fourth-order valence-electron chi connectivity index (χ4n) is 3.26. The Kier molecular flexibility index (Phi) is 5.87. The highest BCUT2D eigenvalue weighted by Gasteiger charge is 2.22. The molecule has 3 aromatic rings. The van der Waals surface area contributed by atoms with E-state index >= 15 is 0 Å². The SMILES string of the molecule is COc1c(/C=C/c2ccccc2C(=O)O)cc(-n2ccncc2=O)cc1C(C)(C)C. The van der Waals surface area contributed by atoms with Crippen LogP contribution in [0.5, 0.6) is 5.75 Å². The van der Waals surface area contributed by atoms with Gasteiger partial charge in [0.15, 0.2) is 0 Å². The quantitative estimate of drug-likeness (QED) is 0.637. The second-order valence-corrected chi connectivity index (χ2v) is 7.88. The molecule has 0 radical (unpaired) electrons.